The van der Waals surface area contributed by atoms with E-state index in [-0.39, 0.29) is 6.03 Å². The molecule has 8 nitrogen and oxygen atoms in total. The predicted molar refractivity (Wildman–Crippen MR) is 130 cm³/mol. The van der Waals surface area contributed by atoms with E-state index in [1.165, 1.54) is 19.1 Å². The van der Waals surface area contributed by atoms with Crippen molar-refractivity contribution in [2.45, 2.75) is 61.8 Å². The van der Waals surface area contributed by atoms with Gasteiger partial charge in [-0.25, -0.2) is 22.9 Å². The van der Waals surface area contributed by atoms with E-state index < -0.39 is 9.84 Å². The first kappa shape index (κ1) is 21.8. The summed E-state index contributed by atoms with van der Waals surface area (Å²) in [5.74, 6) is 2.20. The number of rotatable bonds is 5. The van der Waals surface area contributed by atoms with E-state index in [0.29, 0.717) is 33.6 Å². The third kappa shape index (κ3) is 3.77. The number of likely N-dealkylation sites (tertiary alicyclic amines) is 2. The number of carbonyl (C=O) groups excluding carboxylic acids is 1. The van der Waals surface area contributed by atoms with Crippen molar-refractivity contribution in [3.05, 3.63) is 42.0 Å². The fraction of sp³-hybridized carbons (Fsp3) is 0.654. The van der Waals surface area contributed by atoms with Crippen LogP contribution in [0, 0.1) is 16.7 Å². The van der Waals surface area contributed by atoms with Crippen LogP contribution in [0.1, 0.15) is 61.9 Å². The highest BCUT2D eigenvalue weighted by Crippen LogP contribution is 2.56. The molecule has 2 spiro atoms. The highest BCUT2D eigenvalue weighted by atomic mass is 32.2. The SMILES string of the molecule is CS(=O)(=O)c1cccc(CC2CC3(C2)CN(C(=O)N2CC4(CC(n5cnc(C6CC6)n5)C4)C2)C3)c1. The van der Waals surface area contributed by atoms with E-state index in [4.69, 9.17) is 5.10 Å². The normalized spacial score (nSPS) is 25.2. The van der Waals surface area contributed by atoms with E-state index in [9.17, 15) is 13.2 Å². The summed E-state index contributed by atoms with van der Waals surface area (Å²) in [5, 5.41) is 4.69. The number of benzene rings is 1. The maximum Gasteiger partial charge on any atom is 0.320 e. The Morgan fingerprint density at radius 3 is 2.31 bits per heavy atom. The van der Waals surface area contributed by atoms with Gasteiger partial charge in [-0.3, -0.25) is 0 Å². The smallest absolute Gasteiger partial charge is 0.320 e. The molecule has 0 radical (unpaired) electrons. The second kappa shape index (κ2) is 7.31. The van der Waals surface area contributed by atoms with Crippen LogP contribution in [-0.4, -0.2) is 71.4 Å². The molecule has 1 aromatic carbocycles. The lowest BCUT2D eigenvalue weighted by molar-refractivity contribution is -0.107. The third-order valence-corrected chi connectivity index (χ3v) is 10.2. The van der Waals surface area contributed by atoms with Crippen molar-refractivity contribution in [1.29, 1.82) is 0 Å². The van der Waals surface area contributed by atoms with Crippen LogP contribution in [-0.2, 0) is 16.3 Å². The zero-order valence-corrected chi connectivity index (χ0v) is 21.1. The maximum atomic E-state index is 13.0. The second-order valence-electron chi connectivity index (χ2n) is 12.3. The minimum atomic E-state index is -3.17. The molecule has 7 rings (SSSR count). The topological polar surface area (TPSA) is 88.4 Å². The zero-order chi connectivity index (χ0) is 24.0. The van der Waals surface area contributed by atoms with Gasteiger partial charge in [0, 0.05) is 49.2 Å². The Bertz CT molecular complexity index is 1270. The fourth-order valence-corrected chi connectivity index (χ4v) is 7.87. The molecule has 0 bridgehead atoms. The van der Waals surface area contributed by atoms with Gasteiger partial charge in [0.2, 0.25) is 0 Å². The molecule has 5 aliphatic rings. The number of urea groups is 1. The lowest BCUT2D eigenvalue weighted by Crippen LogP contribution is -2.71. The van der Waals surface area contributed by atoms with Crippen molar-refractivity contribution in [2.24, 2.45) is 16.7 Å². The Balaban J connectivity index is 0.855. The van der Waals surface area contributed by atoms with Gasteiger partial charge in [-0.05, 0) is 68.6 Å². The molecule has 1 aromatic heterocycles. The van der Waals surface area contributed by atoms with Gasteiger partial charge in [0.05, 0.1) is 10.9 Å². The minimum absolute atomic E-state index is 0.214. The summed E-state index contributed by atoms with van der Waals surface area (Å²) in [6.45, 7) is 3.52. The van der Waals surface area contributed by atoms with Crippen LogP contribution >= 0.6 is 0 Å². The zero-order valence-electron chi connectivity index (χ0n) is 20.3. The van der Waals surface area contributed by atoms with Crippen LogP contribution in [0.4, 0.5) is 4.79 Å². The van der Waals surface area contributed by atoms with Crippen LogP contribution in [0.2, 0.25) is 0 Å². The molecule has 2 amide bonds. The van der Waals surface area contributed by atoms with Gasteiger partial charge in [0.15, 0.2) is 15.7 Å². The minimum Gasteiger partial charge on any atom is -0.323 e. The summed E-state index contributed by atoms with van der Waals surface area (Å²) < 4.78 is 25.7. The van der Waals surface area contributed by atoms with Crippen LogP contribution in [0.3, 0.4) is 0 Å². The van der Waals surface area contributed by atoms with E-state index in [1.807, 2.05) is 34.3 Å². The van der Waals surface area contributed by atoms with Crippen molar-refractivity contribution >= 4 is 15.9 Å². The molecule has 5 fully saturated rings. The molecule has 186 valence electrons. The summed E-state index contributed by atoms with van der Waals surface area (Å²) in [7, 11) is -3.17. The molecule has 35 heavy (non-hydrogen) atoms. The Morgan fingerprint density at radius 2 is 1.69 bits per heavy atom. The third-order valence-electron chi connectivity index (χ3n) is 9.12. The number of sulfone groups is 1. The molecule has 2 saturated heterocycles. The first-order chi connectivity index (χ1) is 16.7. The first-order valence-corrected chi connectivity index (χ1v) is 14.8. The van der Waals surface area contributed by atoms with Crippen LogP contribution in [0.15, 0.2) is 35.5 Å². The van der Waals surface area contributed by atoms with Crippen LogP contribution in [0.25, 0.3) is 0 Å². The largest absolute Gasteiger partial charge is 0.323 e. The van der Waals surface area contributed by atoms with E-state index in [1.54, 1.807) is 6.07 Å². The Kier molecular flexibility index (Phi) is 4.56. The molecular weight excluding hydrogens is 462 g/mol. The number of nitrogens with zero attached hydrogens (tertiary/aromatic N) is 5. The Morgan fingerprint density at radius 1 is 1.03 bits per heavy atom. The highest BCUT2D eigenvalue weighted by molar-refractivity contribution is 7.90. The van der Waals surface area contributed by atoms with Crippen molar-refractivity contribution in [3.8, 4) is 0 Å². The Hall–Kier alpha value is -2.42. The lowest BCUT2D eigenvalue weighted by atomic mass is 9.56. The number of amides is 2. The summed E-state index contributed by atoms with van der Waals surface area (Å²) >= 11 is 0. The summed E-state index contributed by atoms with van der Waals surface area (Å²) in [5.41, 5.74) is 1.70. The number of aromatic nitrogens is 3. The predicted octanol–water partition coefficient (Wildman–Crippen LogP) is 3.27. The van der Waals surface area contributed by atoms with Crippen LogP contribution in [0.5, 0.6) is 0 Å². The van der Waals surface area contributed by atoms with Gasteiger partial charge in [-0.15, -0.1) is 0 Å². The number of carbonyl (C=O) groups is 1. The van der Waals surface area contributed by atoms with Gasteiger partial charge >= 0.3 is 6.03 Å². The molecule has 3 heterocycles. The molecule has 9 heteroatoms. The van der Waals surface area contributed by atoms with Gasteiger partial charge < -0.3 is 9.80 Å². The van der Waals surface area contributed by atoms with Gasteiger partial charge in [-0.1, -0.05) is 12.1 Å². The number of hydrogen-bond acceptors (Lipinski definition) is 5. The van der Waals surface area contributed by atoms with E-state index in [0.717, 1.165) is 69.7 Å². The van der Waals surface area contributed by atoms with Crippen molar-refractivity contribution < 1.29 is 13.2 Å². The molecule has 0 unspecified atom stereocenters. The van der Waals surface area contributed by atoms with Gasteiger partial charge in [0.25, 0.3) is 0 Å². The molecule has 3 saturated carbocycles. The molecule has 0 atom stereocenters. The quantitative estimate of drug-likeness (QED) is 0.635. The summed E-state index contributed by atoms with van der Waals surface area (Å²) in [4.78, 5) is 21.9. The molecule has 2 aromatic rings. The van der Waals surface area contributed by atoms with Crippen LogP contribution < -0.4 is 0 Å². The van der Waals surface area contributed by atoms with Crippen molar-refractivity contribution in [2.75, 3.05) is 32.4 Å². The molecule has 2 aliphatic heterocycles. The Labute approximate surface area is 206 Å². The molecular formula is C26H33N5O3S. The fourth-order valence-electron chi connectivity index (χ4n) is 7.18. The highest BCUT2D eigenvalue weighted by Gasteiger charge is 2.58. The average molecular weight is 496 g/mol. The summed E-state index contributed by atoms with van der Waals surface area (Å²) in [6, 6.07) is 8.01. The molecule has 3 aliphatic carbocycles. The average Bonchev–Trinajstić information content (AvgIpc) is 3.44. The van der Waals surface area contributed by atoms with E-state index >= 15 is 0 Å². The van der Waals surface area contributed by atoms with Gasteiger partial charge in [0.1, 0.15) is 6.33 Å². The monoisotopic (exact) mass is 495 g/mol. The van der Waals surface area contributed by atoms with Crippen molar-refractivity contribution in [1.82, 2.24) is 24.6 Å². The molecule has 0 N–H and O–H groups in total. The van der Waals surface area contributed by atoms with Crippen molar-refractivity contribution in [3.63, 3.8) is 0 Å². The second-order valence-corrected chi connectivity index (χ2v) is 14.3. The van der Waals surface area contributed by atoms with Gasteiger partial charge in [-0.2, -0.15) is 5.10 Å². The lowest BCUT2D eigenvalue weighted by Gasteiger charge is -2.63. The first-order valence-electron chi connectivity index (χ1n) is 12.9. The summed E-state index contributed by atoms with van der Waals surface area (Å²) in [6.07, 6.45) is 11.0. The standard InChI is InChI=1S/C26H33N5O3S/c1-35(33,34)22-4-2-3-18(8-22)7-19-9-25(10-19)13-29(14-25)24(32)30-15-26(16-30)11-21(12-26)31-17-27-23(28-31)20-5-6-20/h2-4,8,17,19-21H,5-7,9-16H2,1H3. The van der Waals surface area contributed by atoms with E-state index in [2.05, 4.69) is 9.67 Å². The number of hydrogen-bond donors (Lipinski definition) is 0. The maximum absolute atomic E-state index is 13.0.